The molecule has 12 aromatic rings. The maximum atomic E-state index is 6.85. The number of furan rings is 1. The number of hydrogen-bond donors (Lipinski definition) is 0. The number of fused-ring (bicyclic) bond motifs is 16. The summed E-state index contributed by atoms with van der Waals surface area (Å²) >= 11 is 1.94. The van der Waals surface area contributed by atoms with Crippen molar-refractivity contribution in [1.29, 1.82) is 0 Å². The van der Waals surface area contributed by atoms with Crippen LogP contribution in [0.2, 0.25) is 0 Å². The molecule has 6 heterocycles. The zero-order chi connectivity index (χ0) is 60.3. The second-order valence-electron chi connectivity index (χ2n) is 29.1. The molecule has 5 nitrogen and oxygen atoms in total. The highest BCUT2D eigenvalue weighted by atomic mass is 32.1. The molecule has 0 radical (unpaired) electrons. The Bertz CT molecular complexity index is 5010. The van der Waals surface area contributed by atoms with Crippen LogP contribution in [-0.4, -0.2) is 17.8 Å². The van der Waals surface area contributed by atoms with Crippen molar-refractivity contribution in [2.24, 2.45) is 0 Å². The van der Waals surface area contributed by atoms with E-state index in [1.54, 1.807) is 0 Å². The van der Waals surface area contributed by atoms with Crippen LogP contribution < -0.4 is 36.0 Å². The molecule has 2 saturated carbocycles. The first-order valence-electron chi connectivity index (χ1n) is 32.9. The van der Waals surface area contributed by atoms with E-state index >= 15 is 0 Å². The SMILES string of the molecule is Cc1cc(C)c2c(c1)N(c1cc3c4c(c1)N(c1cccc5oc6ccccc6c15)c1ccc(-c5ccccc5)cc1B4c1ccc(N4c5ccc(C(C)(C)C)cc5C5(C)CCCCC45C)cc1N3c1cccc3c1sc1ccccc13)C1(C)CCCCC21C. The van der Waals surface area contributed by atoms with Gasteiger partial charge in [-0.15, -0.1) is 11.3 Å². The van der Waals surface area contributed by atoms with Crippen molar-refractivity contribution in [3.05, 3.63) is 222 Å². The number of rotatable bonds is 5. The minimum Gasteiger partial charge on any atom is -0.456 e. The molecule has 0 spiro atoms. The number of nitrogens with zero attached hydrogens (tertiary/aromatic N) is 4. The molecule has 0 amide bonds. The molecule has 2 aromatic heterocycles. The summed E-state index contributed by atoms with van der Waals surface area (Å²) in [6, 6.07) is 75.5. The van der Waals surface area contributed by atoms with Gasteiger partial charge in [-0.2, -0.15) is 0 Å². The predicted octanol–water partition coefficient (Wildman–Crippen LogP) is 21.1. The lowest BCUT2D eigenvalue weighted by atomic mass is 9.33. The number of aryl methyl sites for hydroxylation is 2. The summed E-state index contributed by atoms with van der Waals surface area (Å²) in [4.78, 5) is 11.1. The van der Waals surface area contributed by atoms with Crippen LogP contribution in [0, 0.1) is 13.8 Å². The maximum Gasteiger partial charge on any atom is 0.252 e. The largest absolute Gasteiger partial charge is 0.456 e. The molecule has 4 aliphatic heterocycles. The highest BCUT2D eigenvalue weighted by Gasteiger charge is 2.60. The van der Waals surface area contributed by atoms with E-state index in [-0.39, 0.29) is 34.0 Å². The Kier molecular flexibility index (Phi) is 11.1. The fraction of sp³-hybridized carbons (Fsp3) is 0.268. The van der Waals surface area contributed by atoms with E-state index in [4.69, 9.17) is 4.42 Å². The molecule has 89 heavy (non-hydrogen) atoms. The number of para-hydroxylation sites is 1. The van der Waals surface area contributed by atoms with Gasteiger partial charge >= 0.3 is 0 Å². The molecule has 6 aliphatic rings. The van der Waals surface area contributed by atoms with Crippen molar-refractivity contribution in [2.75, 3.05) is 19.6 Å². The third-order valence-electron chi connectivity index (χ3n) is 23.4. The third-order valence-corrected chi connectivity index (χ3v) is 24.6. The van der Waals surface area contributed by atoms with Crippen molar-refractivity contribution in [3.63, 3.8) is 0 Å². The first-order chi connectivity index (χ1) is 43.1. The van der Waals surface area contributed by atoms with E-state index in [2.05, 4.69) is 276 Å². The molecular formula is C82H75BN4OS. The third kappa shape index (κ3) is 7.14. The van der Waals surface area contributed by atoms with Crippen LogP contribution in [0.3, 0.4) is 0 Å². The second-order valence-corrected chi connectivity index (χ2v) is 30.2. The molecule has 4 atom stereocenters. The van der Waals surface area contributed by atoms with Crippen molar-refractivity contribution >= 4 is 133 Å². The zero-order valence-corrected chi connectivity index (χ0v) is 53.6. The summed E-state index contributed by atoms with van der Waals surface area (Å²) in [7, 11) is 0. The normalized spacial score (nSPS) is 22.4. The number of anilines is 10. The highest BCUT2D eigenvalue weighted by molar-refractivity contribution is 7.26. The lowest BCUT2D eigenvalue weighted by Gasteiger charge is -2.51. The standard InChI is InChI=1S/C82H75BN4OS/c1-50-43-51(2)75-68(44-50)87(82(9)42-20-18-40-80(75,82)7)56-48-69-76-70(49-56)85(66-29-21-27-58-57-25-14-16-32-73(57)89-77(58)66)67-47-55(86-63-38-34-54(78(3,4)5)46-60(63)79(6)39-17-19-41-81(79,86)8)35-36-61(67)83(76)62-45-53(52-23-11-10-12-24-52)33-37-64(62)84(69)65-28-22-31-72-74(65)59-26-13-15-30-71(59)88-72/h10-16,21-38,43-49H,17-20,39-42H2,1-9H3. The monoisotopic (exact) mass is 1170 g/mol. The van der Waals surface area contributed by atoms with Gasteiger partial charge in [-0.1, -0.05) is 182 Å². The molecule has 10 aromatic carbocycles. The van der Waals surface area contributed by atoms with Gasteiger partial charge in [0.2, 0.25) is 0 Å². The summed E-state index contributed by atoms with van der Waals surface area (Å²) < 4.78 is 9.45. The van der Waals surface area contributed by atoms with E-state index < -0.39 is 0 Å². The first kappa shape index (κ1) is 53.5. The van der Waals surface area contributed by atoms with Crippen LogP contribution >= 0.6 is 11.3 Å². The van der Waals surface area contributed by atoms with E-state index in [0.29, 0.717) is 0 Å². The molecule has 2 fully saturated rings. The van der Waals surface area contributed by atoms with Crippen molar-refractivity contribution in [3.8, 4) is 11.1 Å². The number of thiophene rings is 1. The van der Waals surface area contributed by atoms with Gasteiger partial charge in [0, 0.05) is 77.2 Å². The Morgan fingerprint density at radius 2 is 1.10 bits per heavy atom. The Morgan fingerprint density at radius 3 is 1.90 bits per heavy atom. The van der Waals surface area contributed by atoms with Gasteiger partial charge in [0.15, 0.2) is 0 Å². The van der Waals surface area contributed by atoms with Gasteiger partial charge in [0.25, 0.3) is 6.71 Å². The topological polar surface area (TPSA) is 26.1 Å². The van der Waals surface area contributed by atoms with E-state index in [9.17, 15) is 0 Å². The summed E-state index contributed by atoms with van der Waals surface area (Å²) in [5.41, 5.74) is 27.3. The summed E-state index contributed by atoms with van der Waals surface area (Å²) in [5.74, 6) is 0. The average Bonchev–Trinajstić information content (AvgIpc) is 1.12. The number of hydrogen-bond acceptors (Lipinski definition) is 6. The Labute approximate surface area is 528 Å². The summed E-state index contributed by atoms with van der Waals surface area (Å²) in [6.07, 6.45) is 9.43. The lowest BCUT2D eigenvalue weighted by Crippen LogP contribution is -2.61. The van der Waals surface area contributed by atoms with Gasteiger partial charge in [-0.05, 0) is 187 Å². The Balaban J connectivity index is 0.989. The predicted molar refractivity (Wildman–Crippen MR) is 380 cm³/mol. The maximum absolute atomic E-state index is 6.85. The zero-order valence-electron chi connectivity index (χ0n) is 52.8. The van der Waals surface area contributed by atoms with Gasteiger partial charge in [0.1, 0.15) is 11.2 Å². The molecular weight excluding hydrogens is 1100 g/mol. The molecule has 0 saturated heterocycles. The van der Waals surface area contributed by atoms with Crippen molar-refractivity contribution in [2.45, 2.75) is 141 Å². The summed E-state index contributed by atoms with van der Waals surface area (Å²) in [5, 5.41) is 4.85. The lowest BCUT2D eigenvalue weighted by molar-refractivity contribution is 0.194. The molecule has 4 unspecified atom stereocenters. The molecule has 438 valence electrons. The van der Waals surface area contributed by atoms with Gasteiger partial charge in [-0.3, -0.25) is 0 Å². The van der Waals surface area contributed by atoms with Crippen molar-refractivity contribution in [1.82, 2.24) is 0 Å². The number of benzene rings is 10. The molecule has 0 bridgehead atoms. The first-order valence-corrected chi connectivity index (χ1v) is 33.7. The molecule has 7 heteroatoms. The summed E-state index contributed by atoms with van der Waals surface area (Å²) in [6.45, 7) is 22.1. The van der Waals surface area contributed by atoms with Crippen molar-refractivity contribution < 1.29 is 4.42 Å². The molecule has 18 rings (SSSR count). The average molecular weight is 1180 g/mol. The highest BCUT2D eigenvalue weighted by Crippen LogP contribution is 2.65. The van der Waals surface area contributed by atoms with Gasteiger partial charge in [-0.25, -0.2) is 0 Å². The fourth-order valence-electron chi connectivity index (χ4n) is 18.8. The second kappa shape index (κ2) is 18.5. The van der Waals surface area contributed by atoms with Crippen LogP contribution in [0.5, 0.6) is 0 Å². The van der Waals surface area contributed by atoms with Crippen LogP contribution in [0.25, 0.3) is 53.2 Å². The Hall–Kier alpha value is -8.52. The van der Waals surface area contributed by atoms with E-state index in [1.807, 2.05) is 11.3 Å². The fourth-order valence-corrected chi connectivity index (χ4v) is 20.0. The van der Waals surface area contributed by atoms with Gasteiger partial charge < -0.3 is 24.0 Å². The minimum absolute atomic E-state index is 0.0296. The van der Waals surface area contributed by atoms with Crippen LogP contribution in [0.15, 0.2) is 199 Å². The van der Waals surface area contributed by atoms with Gasteiger partial charge in [0.05, 0.1) is 32.5 Å². The quantitative estimate of drug-likeness (QED) is 0.160. The van der Waals surface area contributed by atoms with Crippen LogP contribution in [0.1, 0.15) is 128 Å². The molecule has 2 aliphatic carbocycles. The smallest absolute Gasteiger partial charge is 0.252 e. The molecule has 0 N–H and O–H groups in total. The minimum atomic E-state index is -0.205. The van der Waals surface area contributed by atoms with Crippen LogP contribution in [0.4, 0.5) is 56.9 Å². The van der Waals surface area contributed by atoms with E-state index in [0.717, 1.165) is 46.9 Å². The van der Waals surface area contributed by atoms with E-state index in [1.165, 1.54) is 159 Å². The Morgan fingerprint density at radius 1 is 0.461 bits per heavy atom. The van der Waals surface area contributed by atoms with Crippen LogP contribution in [-0.2, 0) is 16.2 Å².